The normalized spacial score (nSPS) is 11.2. The zero-order chi connectivity index (χ0) is 17.9. The van der Waals surface area contributed by atoms with E-state index in [9.17, 15) is 0 Å². The number of thiophene rings is 1. The van der Waals surface area contributed by atoms with Crippen LogP contribution in [0.4, 0.5) is 5.82 Å². The summed E-state index contributed by atoms with van der Waals surface area (Å²) in [5.74, 6) is 2.22. The third kappa shape index (κ3) is 3.60. The van der Waals surface area contributed by atoms with Gasteiger partial charge in [-0.15, -0.1) is 11.3 Å². The molecule has 4 aromatic rings. The molecule has 0 saturated heterocycles. The van der Waals surface area contributed by atoms with Crippen LogP contribution < -0.4 is 5.32 Å². The highest BCUT2D eigenvalue weighted by molar-refractivity contribution is 7.18. The first kappa shape index (κ1) is 16.7. The van der Waals surface area contributed by atoms with E-state index in [1.807, 2.05) is 19.1 Å². The minimum Gasteiger partial charge on any atom is -0.369 e. The Kier molecular flexibility index (Phi) is 4.67. The van der Waals surface area contributed by atoms with Crippen molar-refractivity contribution in [2.45, 2.75) is 26.7 Å². The summed E-state index contributed by atoms with van der Waals surface area (Å²) in [6.45, 7) is 4.81. The summed E-state index contributed by atoms with van der Waals surface area (Å²) >= 11 is 1.67. The summed E-state index contributed by atoms with van der Waals surface area (Å²) in [7, 11) is 0. The molecule has 0 spiro atoms. The average Bonchev–Trinajstić information content (AvgIpc) is 3.24. The Morgan fingerprint density at radius 1 is 1.08 bits per heavy atom. The molecule has 3 aromatic heterocycles. The van der Waals surface area contributed by atoms with Gasteiger partial charge in [-0.3, -0.25) is 0 Å². The molecule has 0 bridgehead atoms. The lowest BCUT2D eigenvalue weighted by Crippen LogP contribution is -2.06. The third-order valence-corrected chi connectivity index (χ3v) is 5.09. The topological polar surface area (TPSA) is 63.8 Å². The van der Waals surface area contributed by atoms with Crippen molar-refractivity contribution >= 4 is 27.4 Å². The van der Waals surface area contributed by atoms with Gasteiger partial charge in [-0.25, -0.2) is 9.97 Å². The molecule has 0 aliphatic rings. The second-order valence-corrected chi connectivity index (χ2v) is 7.55. The van der Waals surface area contributed by atoms with E-state index in [0.29, 0.717) is 11.5 Å². The van der Waals surface area contributed by atoms with Crippen molar-refractivity contribution in [1.29, 1.82) is 0 Å². The number of nitrogens with one attached hydrogen (secondary N) is 1. The largest absolute Gasteiger partial charge is 0.369 e. The standard InChI is InChI=1S/C20H20N4OS/c1-13-11-17(24-25-13)19-22-18(16-12-14(2)26-20(16)23-19)21-10-6-9-15-7-4-3-5-8-15/h3-5,7-8,11-12H,6,9-10H2,1-2H3,(H,21,22,23). The van der Waals surface area contributed by atoms with Crippen LogP contribution in [0, 0.1) is 13.8 Å². The molecule has 0 radical (unpaired) electrons. The summed E-state index contributed by atoms with van der Waals surface area (Å²) in [6.07, 6.45) is 2.08. The lowest BCUT2D eigenvalue weighted by molar-refractivity contribution is 0.399. The van der Waals surface area contributed by atoms with Crippen molar-refractivity contribution in [1.82, 2.24) is 15.1 Å². The quantitative estimate of drug-likeness (QED) is 0.487. The maximum atomic E-state index is 5.18. The molecule has 5 nitrogen and oxygen atoms in total. The van der Waals surface area contributed by atoms with Crippen LogP contribution in [-0.4, -0.2) is 21.7 Å². The summed E-state index contributed by atoms with van der Waals surface area (Å²) in [4.78, 5) is 11.6. The summed E-state index contributed by atoms with van der Waals surface area (Å²) in [5, 5.41) is 8.60. The minimum atomic E-state index is 0.599. The molecule has 0 fully saturated rings. The van der Waals surface area contributed by atoms with E-state index >= 15 is 0 Å². The first-order chi connectivity index (χ1) is 12.7. The molecule has 0 aliphatic heterocycles. The fraction of sp³-hybridized carbons (Fsp3) is 0.250. The molecule has 1 aromatic carbocycles. The van der Waals surface area contributed by atoms with Crippen molar-refractivity contribution in [3.8, 4) is 11.5 Å². The van der Waals surface area contributed by atoms with E-state index in [1.165, 1.54) is 10.4 Å². The van der Waals surface area contributed by atoms with Gasteiger partial charge in [0, 0.05) is 17.5 Å². The molecule has 26 heavy (non-hydrogen) atoms. The smallest absolute Gasteiger partial charge is 0.185 e. The Labute approximate surface area is 156 Å². The van der Waals surface area contributed by atoms with Crippen LogP contribution in [0.2, 0.25) is 0 Å². The molecule has 0 atom stereocenters. The number of anilines is 1. The van der Waals surface area contributed by atoms with Crippen molar-refractivity contribution < 1.29 is 4.52 Å². The number of hydrogen-bond acceptors (Lipinski definition) is 6. The first-order valence-electron chi connectivity index (χ1n) is 8.69. The molecule has 0 saturated carbocycles. The number of benzene rings is 1. The van der Waals surface area contributed by atoms with Gasteiger partial charge in [-0.05, 0) is 38.3 Å². The zero-order valence-electron chi connectivity index (χ0n) is 14.8. The average molecular weight is 364 g/mol. The summed E-state index contributed by atoms with van der Waals surface area (Å²) in [6, 6.07) is 14.5. The van der Waals surface area contributed by atoms with Crippen molar-refractivity contribution in [3.63, 3.8) is 0 Å². The Morgan fingerprint density at radius 3 is 2.69 bits per heavy atom. The van der Waals surface area contributed by atoms with Gasteiger partial charge in [-0.2, -0.15) is 0 Å². The van der Waals surface area contributed by atoms with E-state index in [-0.39, 0.29) is 0 Å². The van der Waals surface area contributed by atoms with Gasteiger partial charge in [0.2, 0.25) is 0 Å². The number of aryl methyl sites for hydroxylation is 3. The monoisotopic (exact) mass is 364 g/mol. The zero-order valence-corrected chi connectivity index (χ0v) is 15.6. The lowest BCUT2D eigenvalue weighted by atomic mass is 10.1. The first-order valence-corrected chi connectivity index (χ1v) is 9.50. The van der Waals surface area contributed by atoms with Gasteiger partial charge in [0.05, 0.1) is 5.39 Å². The highest BCUT2D eigenvalue weighted by Gasteiger charge is 2.14. The minimum absolute atomic E-state index is 0.599. The molecule has 0 aliphatic carbocycles. The SMILES string of the molecule is Cc1cc(-c2nc(NCCCc3ccccc3)c3cc(C)sc3n2)no1. The van der Waals surface area contributed by atoms with E-state index < -0.39 is 0 Å². The Morgan fingerprint density at radius 2 is 1.92 bits per heavy atom. The predicted octanol–water partition coefficient (Wildman–Crippen LogP) is 5.01. The molecular formula is C20H20N4OS. The van der Waals surface area contributed by atoms with Gasteiger partial charge in [0.15, 0.2) is 11.5 Å². The molecule has 6 heteroatoms. The van der Waals surface area contributed by atoms with Crippen LogP contribution in [0.15, 0.2) is 47.0 Å². The van der Waals surface area contributed by atoms with Gasteiger partial charge in [0.1, 0.15) is 16.4 Å². The van der Waals surface area contributed by atoms with Crippen LogP contribution in [0.25, 0.3) is 21.7 Å². The summed E-state index contributed by atoms with van der Waals surface area (Å²) < 4.78 is 5.18. The van der Waals surface area contributed by atoms with E-state index in [4.69, 9.17) is 9.51 Å². The molecule has 4 rings (SSSR count). The van der Waals surface area contributed by atoms with Crippen molar-refractivity contribution in [3.05, 3.63) is 58.7 Å². The Bertz CT molecular complexity index is 1020. The maximum absolute atomic E-state index is 5.18. The molecular weight excluding hydrogens is 344 g/mol. The van der Waals surface area contributed by atoms with Crippen LogP contribution >= 0.6 is 11.3 Å². The Hall–Kier alpha value is -2.73. The van der Waals surface area contributed by atoms with Crippen molar-refractivity contribution in [2.24, 2.45) is 0 Å². The second-order valence-electron chi connectivity index (χ2n) is 6.31. The molecule has 0 amide bonds. The number of nitrogens with zero attached hydrogens (tertiary/aromatic N) is 3. The highest BCUT2D eigenvalue weighted by Crippen LogP contribution is 2.30. The van der Waals surface area contributed by atoms with Gasteiger partial charge < -0.3 is 9.84 Å². The fourth-order valence-corrected chi connectivity index (χ4v) is 3.79. The maximum Gasteiger partial charge on any atom is 0.185 e. The Balaban J connectivity index is 1.55. The second kappa shape index (κ2) is 7.25. The summed E-state index contributed by atoms with van der Waals surface area (Å²) in [5.41, 5.74) is 2.02. The van der Waals surface area contributed by atoms with Crippen LogP contribution in [-0.2, 0) is 6.42 Å². The number of fused-ring (bicyclic) bond motifs is 1. The van der Waals surface area contributed by atoms with Gasteiger partial charge in [0.25, 0.3) is 0 Å². The third-order valence-electron chi connectivity index (χ3n) is 4.15. The molecule has 0 unspecified atom stereocenters. The van der Waals surface area contributed by atoms with Crippen LogP contribution in [0.5, 0.6) is 0 Å². The van der Waals surface area contributed by atoms with E-state index in [0.717, 1.165) is 41.2 Å². The number of rotatable bonds is 6. The predicted molar refractivity (Wildman–Crippen MR) is 106 cm³/mol. The molecule has 1 N–H and O–H groups in total. The fourth-order valence-electron chi connectivity index (χ4n) is 2.91. The number of hydrogen-bond donors (Lipinski definition) is 1. The molecule has 3 heterocycles. The highest BCUT2D eigenvalue weighted by atomic mass is 32.1. The van der Waals surface area contributed by atoms with E-state index in [2.05, 4.69) is 52.7 Å². The van der Waals surface area contributed by atoms with Gasteiger partial charge >= 0.3 is 0 Å². The van der Waals surface area contributed by atoms with Gasteiger partial charge in [-0.1, -0.05) is 35.5 Å². The van der Waals surface area contributed by atoms with Crippen molar-refractivity contribution in [2.75, 3.05) is 11.9 Å². The lowest BCUT2D eigenvalue weighted by Gasteiger charge is -2.08. The molecule has 132 valence electrons. The van der Waals surface area contributed by atoms with E-state index in [1.54, 1.807) is 11.3 Å². The number of aromatic nitrogens is 3. The van der Waals surface area contributed by atoms with Crippen LogP contribution in [0.3, 0.4) is 0 Å². The van der Waals surface area contributed by atoms with Crippen LogP contribution in [0.1, 0.15) is 22.6 Å².